The molecule has 0 radical (unpaired) electrons. The molecule has 0 bridgehead atoms. The van der Waals surface area contributed by atoms with Crippen LogP contribution in [-0.2, 0) is 9.59 Å². The fraction of sp³-hybridized carbons (Fsp3) is 0.438. The third-order valence-electron chi connectivity index (χ3n) is 4.52. The van der Waals surface area contributed by atoms with E-state index in [1.165, 1.54) is 6.92 Å². The van der Waals surface area contributed by atoms with Gasteiger partial charge in [-0.25, -0.2) is 0 Å². The molecule has 1 aromatic rings. The third-order valence-corrected chi connectivity index (χ3v) is 4.52. The van der Waals surface area contributed by atoms with Crippen LogP contribution in [0, 0.1) is 19.8 Å². The van der Waals surface area contributed by atoms with Crippen molar-refractivity contribution in [2.24, 2.45) is 5.92 Å². The van der Waals surface area contributed by atoms with Gasteiger partial charge in [-0.05, 0) is 31.0 Å². The van der Waals surface area contributed by atoms with Crippen molar-refractivity contribution in [3.63, 3.8) is 0 Å². The molecule has 2 aliphatic rings. The Labute approximate surface area is 117 Å². The number of imide groups is 1. The Balaban J connectivity index is 2.23. The molecule has 4 nitrogen and oxygen atoms in total. The lowest BCUT2D eigenvalue weighted by atomic mass is 9.86. The van der Waals surface area contributed by atoms with E-state index < -0.39 is 6.04 Å². The Morgan fingerprint density at radius 2 is 1.85 bits per heavy atom. The molecule has 0 aromatic heterocycles. The zero-order chi connectivity index (χ0) is 14.8. The van der Waals surface area contributed by atoms with Gasteiger partial charge < -0.3 is 0 Å². The standard InChI is InChI=1S/C16H17NO3/c1-7-5-8(2)12-11(6-7)15(19)14-13(12)9(3)16(20)17(14)10(4)18/h5-6,9,13-14H,1-4H3/t9-,13-,14-/m0/s1. The van der Waals surface area contributed by atoms with Gasteiger partial charge in [0, 0.05) is 24.3 Å². The van der Waals surface area contributed by atoms with Crippen LogP contribution in [0.2, 0.25) is 0 Å². The van der Waals surface area contributed by atoms with Crippen LogP contribution in [-0.4, -0.2) is 28.5 Å². The first-order chi connectivity index (χ1) is 9.34. The lowest BCUT2D eigenvalue weighted by molar-refractivity contribution is -0.143. The van der Waals surface area contributed by atoms with Crippen LogP contribution in [0.5, 0.6) is 0 Å². The summed E-state index contributed by atoms with van der Waals surface area (Å²) >= 11 is 0. The molecule has 1 fully saturated rings. The van der Waals surface area contributed by atoms with Gasteiger partial charge in [-0.1, -0.05) is 18.6 Å². The average molecular weight is 271 g/mol. The molecular formula is C16H17NO3. The van der Waals surface area contributed by atoms with Gasteiger partial charge in [-0.15, -0.1) is 0 Å². The van der Waals surface area contributed by atoms with E-state index in [0.717, 1.165) is 21.6 Å². The molecule has 1 heterocycles. The maximum absolute atomic E-state index is 12.6. The molecule has 0 N–H and O–H groups in total. The van der Waals surface area contributed by atoms with Crippen LogP contribution in [0.1, 0.15) is 46.8 Å². The zero-order valence-corrected chi connectivity index (χ0v) is 12.1. The van der Waals surface area contributed by atoms with E-state index >= 15 is 0 Å². The Hall–Kier alpha value is -1.97. The number of fused-ring (bicyclic) bond motifs is 3. The number of aryl methyl sites for hydroxylation is 2. The van der Waals surface area contributed by atoms with Crippen molar-refractivity contribution < 1.29 is 14.4 Å². The number of likely N-dealkylation sites (tertiary alicyclic amines) is 1. The van der Waals surface area contributed by atoms with Gasteiger partial charge >= 0.3 is 0 Å². The van der Waals surface area contributed by atoms with Crippen molar-refractivity contribution in [3.05, 3.63) is 34.4 Å². The second-order valence-electron chi connectivity index (χ2n) is 5.89. The SMILES string of the molecule is CC(=O)N1C(=O)[C@@H](C)[C@H]2c3c(C)cc(C)cc3C(=O)[C@H]21. The molecule has 1 aromatic carbocycles. The van der Waals surface area contributed by atoms with E-state index in [4.69, 9.17) is 0 Å². The summed E-state index contributed by atoms with van der Waals surface area (Å²) in [6.07, 6.45) is 0. The first-order valence-electron chi connectivity index (χ1n) is 6.83. The monoisotopic (exact) mass is 271 g/mol. The minimum absolute atomic E-state index is 0.0929. The molecule has 2 amide bonds. The molecule has 3 atom stereocenters. The average Bonchev–Trinajstić information content (AvgIpc) is 2.76. The highest BCUT2D eigenvalue weighted by atomic mass is 16.2. The van der Waals surface area contributed by atoms with Gasteiger partial charge in [0.25, 0.3) is 0 Å². The summed E-state index contributed by atoms with van der Waals surface area (Å²) in [4.78, 5) is 37.8. The van der Waals surface area contributed by atoms with Crippen molar-refractivity contribution in [2.45, 2.75) is 39.7 Å². The number of rotatable bonds is 0. The lowest BCUT2D eigenvalue weighted by Crippen LogP contribution is -2.41. The van der Waals surface area contributed by atoms with E-state index in [-0.39, 0.29) is 29.4 Å². The molecule has 1 aliphatic carbocycles. The molecule has 20 heavy (non-hydrogen) atoms. The Bertz CT molecular complexity index is 662. The molecule has 4 heteroatoms. The number of Topliss-reactive ketones (excluding diaryl/α,β-unsaturated/α-hetero) is 1. The summed E-state index contributed by atoms with van der Waals surface area (Å²) in [5.41, 5.74) is 3.70. The molecule has 3 rings (SSSR count). The van der Waals surface area contributed by atoms with E-state index in [0.29, 0.717) is 5.56 Å². The van der Waals surface area contributed by atoms with E-state index in [2.05, 4.69) is 0 Å². The normalized spacial score (nSPS) is 27.8. The number of amides is 2. The van der Waals surface area contributed by atoms with Crippen molar-refractivity contribution in [1.82, 2.24) is 4.90 Å². The number of carbonyl (C=O) groups excluding carboxylic acids is 3. The van der Waals surface area contributed by atoms with Crippen LogP contribution in [0.25, 0.3) is 0 Å². The summed E-state index contributed by atoms with van der Waals surface area (Å²) in [5, 5.41) is 0. The van der Waals surface area contributed by atoms with Gasteiger partial charge in [0.15, 0.2) is 5.78 Å². The first kappa shape index (κ1) is 13.0. The Morgan fingerprint density at radius 1 is 1.20 bits per heavy atom. The topological polar surface area (TPSA) is 54.5 Å². The van der Waals surface area contributed by atoms with Gasteiger partial charge in [0.05, 0.1) is 0 Å². The predicted octanol–water partition coefficient (Wildman–Crippen LogP) is 1.98. The second kappa shape index (κ2) is 4.01. The fourth-order valence-corrected chi connectivity index (χ4v) is 3.77. The highest BCUT2D eigenvalue weighted by Gasteiger charge is 2.56. The highest BCUT2D eigenvalue weighted by molar-refractivity contribution is 6.14. The fourth-order valence-electron chi connectivity index (χ4n) is 3.77. The maximum atomic E-state index is 12.6. The van der Waals surface area contributed by atoms with Crippen LogP contribution in [0.3, 0.4) is 0 Å². The lowest BCUT2D eigenvalue weighted by Gasteiger charge is -2.18. The summed E-state index contributed by atoms with van der Waals surface area (Å²) in [7, 11) is 0. The predicted molar refractivity (Wildman–Crippen MR) is 73.5 cm³/mol. The van der Waals surface area contributed by atoms with Gasteiger partial charge in [-0.3, -0.25) is 19.3 Å². The van der Waals surface area contributed by atoms with Crippen molar-refractivity contribution in [2.75, 3.05) is 0 Å². The summed E-state index contributed by atoms with van der Waals surface area (Å²) in [5.74, 6) is -1.17. The van der Waals surface area contributed by atoms with E-state index in [1.807, 2.05) is 32.9 Å². The van der Waals surface area contributed by atoms with Crippen LogP contribution in [0.4, 0.5) is 0 Å². The number of hydrogen-bond donors (Lipinski definition) is 0. The molecule has 0 spiro atoms. The van der Waals surface area contributed by atoms with Gasteiger partial charge in [0.2, 0.25) is 11.8 Å². The van der Waals surface area contributed by atoms with Crippen molar-refractivity contribution >= 4 is 17.6 Å². The Morgan fingerprint density at radius 3 is 2.45 bits per heavy atom. The number of hydrogen-bond acceptors (Lipinski definition) is 3. The van der Waals surface area contributed by atoms with Crippen molar-refractivity contribution in [1.29, 1.82) is 0 Å². The Kier molecular flexibility index (Phi) is 2.61. The summed E-state index contributed by atoms with van der Waals surface area (Å²) in [6, 6.07) is 3.27. The number of benzene rings is 1. The van der Waals surface area contributed by atoms with Gasteiger partial charge in [-0.2, -0.15) is 0 Å². The molecule has 104 valence electrons. The molecule has 1 aliphatic heterocycles. The largest absolute Gasteiger partial charge is 0.292 e. The molecule has 0 saturated carbocycles. The molecule has 1 saturated heterocycles. The minimum Gasteiger partial charge on any atom is -0.292 e. The number of carbonyl (C=O) groups is 3. The quantitative estimate of drug-likeness (QED) is 0.725. The van der Waals surface area contributed by atoms with Crippen molar-refractivity contribution in [3.8, 4) is 0 Å². The van der Waals surface area contributed by atoms with Crippen LogP contribution in [0.15, 0.2) is 12.1 Å². The van der Waals surface area contributed by atoms with E-state index in [9.17, 15) is 14.4 Å². The number of nitrogens with zero attached hydrogens (tertiary/aromatic N) is 1. The highest BCUT2D eigenvalue weighted by Crippen LogP contribution is 2.48. The molecular weight excluding hydrogens is 254 g/mol. The smallest absolute Gasteiger partial charge is 0.233 e. The molecule has 0 unspecified atom stereocenters. The summed E-state index contributed by atoms with van der Waals surface area (Å²) < 4.78 is 0. The summed E-state index contributed by atoms with van der Waals surface area (Å²) in [6.45, 7) is 7.08. The first-order valence-corrected chi connectivity index (χ1v) is 6.83. The third kappa shape index (κ3) is 1.45. The zero-order valence-electron chi connectivity index (χ0n) is 12.1. The number of ketones is 1. The second-order valence-corrected chi connectivity index (χ2v) is 5.89. The van der Waals surface area contributed by atoms with Crippen LogP contribution >= 0.6 is 0 Å². The van der Waals surface area contributed by atoms with Gasteiger partial charge in [0.1, 0.15) is 6.04 Å². The van der Waals surface area contributed by atoms with Crippen LogP contribution < -0.4 is 0 Å². The van der Waals surface area contributed by atoms with E-state index in [1.54, 1.807) is 0 Å². The minimum atomic E-state index is -0.634. The maximum Gasteiger partial charge on any atom is 0.233 e.